The number of rotatable bonds is 4. The van der Waals surface area contributed by atoms with Crippen molar-refractivity contribution in [1.29, 1.82) is 0 Å². The third-order valence-electron chi connectivity index (χ3n) is 3.00. The molecule has 0 N–H and O–H groups in total. The molecule has 1 rings (SSSR count). The van der Waals surface area contributed by atoms with Crippen LogP contribution in [0, 0.1) is 11.8 Å². The number of ether oxygens (including phenoxy) is 1. The second-order valence-corrected chi connectivity index (χ2v) is 4.03. The van der Waals surface area contributed by atoms with E-state index in [9.17, 15) is 9.59 Å². The van der Waals surface area contributed by atoms with Gasteiger partial charge in [-0.1, -0.05) is 12.5 Å². The molecule has 3 heteroatoms. The molecule has 1 aliphatic carbocycles. The summed E-state index contributed by atoms with van der Waals surface area (Å²) in [7, 11) is 1.36. The first-order valence-electron chi connectivity index (χ1n) is 5.40. The van der Waals surface area contributed by atoms with Gasteiger partial charge in [0.1, 0.15) is 5.78 Å². The van der Waals surface area contributed by atoms with E-state index in [-0.39, 0.29) is 30.0 Å². The highest BCUT2D eigenvalue weighted by molar-refractivity contribution is 5.87. The van der Waals surface area contributed by atoms with Crippen molar-refractivity contribution in [3.63, 3.8) is 0 Å². The minimum atomic E-state index is -0.285. The van der Waals surface area contributed by atoms with E-state index < -0.39 is 0 Å². The molecule has 1 fully saturated rings. The second-order valence-electron chi connectivity index (χ2n) is 4.03. The van der Waals surface area contributed by atoms with Crippen molar-refractivity contribution in [2.24, 2.45) is 11.8 Å². The molecule has 3 nitrogen and oxygen atoms in total. The van der Waals surface area contributed by atoms with Crippen LogP contribution in [0.2, 0.25) is 0 Å². The fourth-order valence-corrected chi connectivity index (χ4v) is 2.15. The molecule has 2 atom stereocenters. The minimum Gasteiger partial charge on any atom is -0.469 e. The lowest BCUT2D eigenvalue weighted by atomic mass is 9.77. The zero-order chi connectivity index (χ0) is 11.3. The monoisotopic (exact) mass is 210 g/mol. The van der Waals surface area contributed by atoms with E-state index in [0.717, 1.165) is 25.7 Å². The van der Waals surface area contributed by atoms with Crippen LogP contribution in [0.1, 0.15) is 32.1 Å². The average Bonchev–Trinajstić information content (AvgIpc) is 2.24. The quantitative estimate of drug-likeness (QED) is 0.527. The summed E-state index contributed by atoms with van der Waals surface area (Å²) in [6.45, 7) is 3.65. The first-order valence-corrected chi connectivity index (χ1v) is 5.40. The predicted molar refractivity (Wildman–Crippen MR) is 57.3 cm³/mol. The molecule has 1 saturated carbocycles. The summed E-state index contributed by atoms with van der Waals surface area (Å²) >= 11 is 0. The van der Waals surface area contributed by atoms with Gasteiger partial charge in [-0.15, -0.1) is 6.58 Å². The molecule has 1 unspecified atom stereocenters. The van der Waals surface area contributed by atoms with Gasteiger partial charge in [0.15, 0.2) is 0 Å². The highest BCUT2D eigenvalue weighted by atomic mass is 16.5. The lowest BCUT2D eigenvalue weighted by Gasteiger charge is -2.26. The zero-order valence-electron chi connectivity index (χ0n) is 9.20. The van der Waals surface area contributed by atoms with Gasteiger partial charge in [0.25, 0.3) is 0 Å². The third-order valence-corrected chi connectivity index (χ3v) is 3.00. The van der Waals surface area contributed by atoms with E-state index in [1.165, 1.54) is 7.11 Å². The zero-order valence-corrected chi connectivity index (χ0v) is 9.20. The van der Waals surface area contributed by atoms with Crippen molar-refractivity contribution in [2.75, 3.05) is 7.11 Å². The summed E-state index contributed by atoms with van der Waals surface area (Å²) in [4.78, 5) is 23.0. The highest BCUT2D eigenvalue weighted by Gasteiger charge is 2.31. The molecule has 0 radical (unpaired) electrons. The van der Waals surface area contributed by atoms with Gasteiger partial charge in [-0.3, -0.25) is 9.59 Å². The van der Waals surface area contributed by atoms with Gasteiger partial charge in [0.05, 0.1) is 13.5 Å². The Balaban J connectivity index is 2.54. The van der Waals surface area contributed by atoms with Gasteiger partial charge in [0, 0.05) is 11.8 Å². The van der Waals surface area contributed by atoms with E-state index in [4.69, 9.17) is 0 Å². The van der Waals surface area contributed by atoms with Crippen molar-refractivity contribution in [3.8, 4) is 0 Å². The maximum Gasteiger partial charge on any atom is 0.306 e. The van der Waals surface area contributed by atoms with Crippen LogP contribution in [0.5, 0.6) is 0 Å². The number of hydrogen-bond donors (Lipinski definition) is 0. The van der Waals surface area contributed by atoms with Gasteiger partial charge in [-0.05, 0) is 19.3 Å². The van der Waals surface area contributed by atoms with E-state index in [1.54, 1.807) is 6.08 Å². The maximum absolute atomic E-state index is 11.9. The number of allylic oxidation sites excluding steroid dienone is 1. The Morgan fingerprint density at radius 1 is 1.53 bits per heavy atom. The lowest BCUT2D eigenvalue weighted by molar-refractivity contribution is -0.145. The van der Waals surface area contributed by atoms with Crippen molar-refractivity contribution in [2.45, 2.75) is 32.1 Å². The van der Waals surface area contributed by atoms with Gasteiger partial charge in [-0.25, -0.2) is 0 Å². The van der Waals surface area contributed by atoms with E-state index in [2.05, 4.69) is 11.3 Å². The van der Waals surface area contributed by atoms with Crippen LogP contribution in [0.15, 0.2) is 12.7 Å². The highest BCUT2D eigenvalue weighted by Crippen LogP contribution is 2.30. The van der Waals surface area contributed by atoms with Crippen molar-refractivity contribution >= 4 is 11.8 Å². The molecule has 0 aliphatic heterocycles. The summed E-state index contributed by atoms with van der Waals surface area (Å²) < 4.78 is 4.59. The Labute approximate surface area is 90.5 Å². The lowest BCUT2D eigenvalue weighted by Crippen LogP contribution is -2.30. The van der Waals surface area contributed by atoms with Crippen LogP contribution >= 0.6 is 0 Å². The van der Waals surface area contributed by atoms with E-state index in [0.29, 0.717) is 0 Å². The van der Waals surface area contributed by atoms with Crippen LogP contribution in [-0.2, 0) is 14.3 Å². The Morgan fingerprint density at radius 2 is 2.20 bits per heavy atom. The molecule has 0 aromatic heterocycles. The molecule has 0 amide bonds. The normalized spacial score (nSPS) is 26.1. The van der Waals surface area contributed by atoms with E-state index in [1.807, 2.05) is 0 Å². The first kappa shape index (κ1) is 12.0. The van der Waals surface area contributed by atoms with E-state index >= 15 is 0 Å². The minimum absolute atomic E-state index is 0.0749. The SMILES string of the molecule is C=CCC1CCC[C@@H](CC(=O)OC)C1=O. The first-order chi connectivity index (χ1) is 7.19. The third kappa shape index (κ3) is 3.18. The Morgan fingerprint density at radius 3 is 2.80 bits per heavy atom. The fourth-order valence-electron chi connectivity index (χ4n) is 2.15. The number of hydrogen-bond acceptors (Lipinski definition) is 3. The van der Waals surface area contributed by atoms with Crippen LogP contribution in [0.3, 0.4) is 0 Å². The summed E-state index contributed by atoms with van der Waals surface area (Å²) in [6.07, 6.45) is 5.53. The second kappa shape index (κ2) is 5.69. The Hall–Kier alpha value is -1.12. The summed E-state index contributed by atoms with van der Waals surface area (Å²) in [6, 6.07) is 0. The fraction of sp³-hybridized carbons (Fsp3) is 0.667. The van der Waals surface area contributed by atoms with Crippen LogP contribution in [0.4, 0.5) is 0 Å². The van der Waals surface area contributed by atoms with Gasteiger partial charge < -0.3 is 4.74 Å². The number of methoxy groups -OCH3 is 1. The smallest absolute Gasteiger partial charge is 0.306 e. The predicted octanol–water partition coefficient (Wildman–Crippen LogP) is 2.11. The molecule has 15 heavy (non-hydrogen) atoms. The van der Waals surface area contributed by atoms with Gasteiger partial charge in [-0.2, -0.15) is 0 Å². The molecular formula is C12H18O3. The van der Waals surface area contributed by atoms with Crippen molar-refractivity contribution in [1.82, 2.24) is 0 Å². The molecule has 0 saturated heterocycles. The molecule has 84 valence electrons. The van der Waals surface area contributed by atoms with Gasteiger partial charge >= 0.3 is 5.97 Å². The topological polar surface area (TPSA) is 43.4 Å². The maximum atomic E-state index is 11.9. The molecule has 1 aliphatic rings. The molecular weight excluding hydrogens is 192 g/mol. The standard InChI is InChI=1S/C12H18O3/c1-3-5-9-6-4-7-10(12(9)14)8-11(13)15-2/h3,9-10H,1,4-8H2,2H3/t9?,10-/m0/s1. The number of esters is 1. The van der Waals surface area contributed by atoms with Crippen LogP contribution in [0.25, 0.3) is 0 Å². The molecule has 0 bridgehead atoms. The number of carbonyl (C=O) groups excluding carboxylic acids is 2. The number of Topliss-reactive ketones (excluding diaryl/α,β-unsaturated/α-hetero) is 1. The Kier molecular flexibility index (Phi) is 4.53. The number of ketones is 1. The molecule has 0 heterocycles. The number of carbonyl (C=O) groups is 2. The average molecular weight is 210 g/mol. The van der Waals surface area contributed by atoms with Gasteiger partial charge in [0.2, 0.25) is 0 Å². The molecule has 0 spiro atoms. The molecule has 0 aromatic rings. The van der Waals surface area contributed by atoms with Crippen molar-refractivity contribution < 1.29 is 14.3 Å². The summed E-state index contributed by atoms with van der Waals surface area (Å²) in [5, 5.41) is 0. The molecule has 0 aromatic carbocycles. The van der Waals surface area contributed by atoms with Crippen LogP contribution in [-0.4, -0.2) is 18.9 Å². The summed E-state index contributed by atoms with van der Waals surface area (Å²) in [5.74, 6) is -0.124. The summed E-state index contributed by atoms with van der Waals surface area (Å²) in [5.41, 5.74) is 0. The van der Waals surface area contributed by atoms with Crippen molar-refractivity contribution in [3.05, 3.63) is 12.7 Å². The largest absolute Gasteiger partial charge is 0.469 e. The van der Waals surface area contributed by atoms with Crippen LogP contribution < -0.4 is 0 Å². The Bertz CT molecular complexity index is 258.